The average Bonchev–Trinajstić information content (AvgIpc) is 3.18. The second-order valence-corrected chi connectivity index (χ2v) is 7.02. The zero-order valence-electron chi connectivity index (χ0n) is 15.0. The molecule has 1 amide bonds. The number of nitrogens with zero attached hydrogens (tertiary/aromatic N) is 1. The maximum absolute atomic E-state index is 12.3. The van der Waals surface area contributed by atoms with Crippen LogP contribution in [0.3, 0.4) is 0 Å². The summed E-state index contributed by atoms with van der Waals surface area (Å²) in [6.07, 6.45) is 5.31. The molecule has 0 radical (unpaired) electrons. The third kappa shape index (κ3) is 3.34. The molecule has 0 saturated heterocycles. The molecular weight excluding hydrogens is 334 g/mol. The van der Waals surface area contributed by atoms with Crippen molar-refractivity contribution in [2.75, 3.05) is 10.6 Å². The smallest absolute Gasteiger partial charge is 0.251 e. The topological polar surface area (TPSA) is 85.6 Å². The first-order valence-electron chi connectivity index (χ1n) is 9.06. The number of aryl methyl sites for hydroxylation is 1. The van der Waals surface area contributed by atoms with Gasteiger partial charge in [-0.25, -0.2) is 0 Å². The van der Waals surface area contributed by atoms with E-state index < -0.39 is 11.8 Å². The lowest BCUT2D eigenvalue weighted by atomic mass is 9.94. The lowest BCUT2D eigenvalue weighted by Gasteiger charge is -2.31. The molecular formula is C19H23N3O4. The Morgan fingerprint density at radius 2 is 1.92 bits per heavy atom. The van der Waals surface area contributed by atoms with Crippen molar-refractivity contribution in [1.82, 2.24) is 5.16 Å². The van der Waals surface area contributed by atoms with Gasteiger partial charge in [-0.15, -0.1) is 0 Å². The first kappa shape index (κ1) is 16.8. The molecule has 1 atom stereocenters. The number of carbonyl (C=O) groups excluding carboxylic acids is 1. The fourth-order valence-electron chi connectivity index (χ4n) is 3.45. The summed E-state index contributed by atoms with van der Waals surface area (Å²) in [5.41, 5.74) is 0.805. The maximum Gasteiger partial charge on any atom is 0.251 e. The van der Waals surface area contributed by atoms with E-state index in [1.165, 1.54) is 6.42 Å². The van der Waals surface area contributed by atoms with Gasteiger partial charge in [-0.05, 0) is 38.8 Å². The Bertz CT molecular complexity index is 811. The summed E-state index contributed by atoms with van der Waals surface area (Å²) in [5.74, 6) is 1.87. The monoisotopic (exact) mass is 357 g/mol. The highest BCUT2D eigenvalue weighted by Crippen LogP contribution is 2.46. The number of aromatic nitrogens is 1. The Balaban J connectivity index is 1.40. The number of nitrogens with one attached hydrogen (secondary N) is 2. The van der Waals surface area contributed by atoms with E-state index in [-0.39, 0.29) is 5.91 Å². The number of hydrogen-bond donors (Lipinski definition) is 2. The minimum atomic E-state index is -0.493. The van der Waals surface area contributed by atoms with Gasteiger partial charge < -0.3 is 24.6 Å². The molecule has 7 heteroatoms. The number of ether oxygens (including phenoxy) is 2. The van der Waals surface area contributed by atoms with Crippen LogP contribution in [0, 0.1) is 6.92 Å². The van der Waals surface area contributed by atoms with E-state index in [1.54, 1.807) is 19.9 Å². The summed E-state index contributed by atoms with van der Waals surface area (Å²) in [6.45, 7) is 3.56. The summed E-state index contributed by atoms with van der Waals surface area (Å²) in [7, 11) is 0. The van der Waals surface area contributed by atoms with Crippen molar-refractivity contribution in [3.05, 3.63) is 30.0 Å². The van der Waals surface area contributed by atoms with Gasteiger partial charge in [0.1, 0.15) is 11.8 Å². The molecule has 2 heterocycles. The molecule has 2 aromatic rings. The molecule has 1 fully saturated rings. The maximum atomic E-state index is 12.3. The SMILES string of the molecule is Cc1cc(NC(=O)C(C)Nc2ccc3c(c2)OC2(CCCCC2)O3)no1. The van der Waals surface area contributed by atoms with Crippen LogP contribution in [0.2, 0.25) is 0 Å². The van der Waals surface area contributed by atoms with Gasteiger partial charge in [-0.2, -0.15) is 0 Å². The summed E-state index contributed by atoms with van der Waals surface area (Å²) in [4.78, 5) is 12.3. The van der Waals surface area contributed by atoms with Gasteiger partial charge in [0.25, 0.3) is 5.79 Å². The standard InChI is InChI=1S/C19H23N3O4/c1-12-10-17(22-26-12)21-18(23)13(2)20-14-6-7-15-16(11-14)25-19(24-15)8-4-3-5-9-19/h6-7,10-11,13,20H,3-5,8-9H2,1-2H3,(H,21,22,23). The number of benzene rings is 1. The summed E-state index contributed by atoms with van der Waals surface area (Å²) in [5, 5.41) is 9.67. The molecule has 2 N–H and O–H groups in total. The van der Waals surface area contributed by atoms with E-state index in [0.29, 0.717) is 11.6 Å². The normalized spacial score (nSPS) is 18.5. The van der Waals surface area contributed by atoms with Gasteiger partial charge in [0.05, 0.1) is 0 Å². The number of amides is 1. The second kappa shape index (κ2) is 6.55. The van der Waals surface area contributed by atoms with E-state index in [0.717, 1.165) is 42.9 Å². The molecule has 1 unspecified atom stereocenters. The molecule has 1 aromatic heterocycles. The highest BCUT2D eigenvalue weighted by Gasteiger charge is 2.42. The summed E-state index contributed by atoms with van der Waals surface area (Å²) in [6, 6.07) is 6.91. The minimum absolute atomic E-state index is 0.195. The third-order valence-corrected chi connectivity index (χ3v) is 4.81. The average molecular weight is 357 g/mol. The first-order valence-corrected chi connectivity index (χ1v) is 9.06. The molecule has 7 nitrogen and oxygen atoms in total. The summed E-state index contributed by atoms with van der Waals surface area (Å²) >= 11 is 0. The lowest BCUT2D eigenvalue weighted by molar-refractivity contribution is -0.116. The van der Waals surface area contributed by atoms with E-state index in [2.05, 4.69) is 15.8 Å². The number of carbonyl (C=O) groups is 1. The van der Waals surface area contributed by atoms with Crippen LogP contribution in [0.15, 0.2) is 28.8 Å². The highest BCUT2D eigenvalue weighted by atomic mass is 16.7. The van der Waals surface area contributed by atoms with Crippen LogP contribution in [-0.2, 0) is 4.79 Å². The quantitative estimate of drug-likeness (QED) is 0.864. The third-order valence-electron chi connectivity index (χ3n) is 4.81. The molecule has 138 valence electrons. The second-order valence-electron chi connectivity index (χ2n) is 7.02. The number of hydrogen-bond acceptors (Lipinski definition) is 6. The highest BCUT2D eigenvalue weighted by molar-refractivity contribution is 5.95. The van der Waals surface area contributed by atoms with Gasteiger partial charge in [-0.1, -0.05) is 11.6 Å². The minimum Gasteiger partial charge on any atom is -0.448 e. The Morgan fingerprint density at radius 1 is 1.15 bits per heavy atom. The Hall–Kier alpha value is -2.70. The fourth-order valence-corrected chi connectivity index (χ4v) is 3.45. The van der Waals surface area contributed by atoms with Crippen molar-refractivity contribution in [2.24, 2.45) is 0 Å². The zero-order chi connectivity index (χ0) is 18.1. The largest absolute Gasteiger partial charge is 0.448 e. The van der Waals surface area contributed by atoms with Crippen LogP contribution in [0.1, 0.15) is 44.8 Å². The van der Waals surface area contributed by atoms with Gasteiger partial charge in [0, 0.05) is 30.7 Å². The van der Waals surface area contributed by atoms with Crippen LogP contribution in [0.4, 0.5) is 11.5 Å². The molecule has 1 aliphatic heterocycles. The molecule has 26 heavy (non-hydrogen) atoms. The molecule has 2 aliphatic rings. The number of rotatable bonds is 4. The van der Waals surface area contributed by atoms with Gasteiger partial charge >= 0.3 is 0 Å². The predicted molar refractivity (Wildman–Crippen MR) is 96.5 cm³/mol. The summed E-state index contributed by atoms with van der Waals surface area (Å²) < 4.78 is 17.2. The lowest BCUT2D eigenvalue weighted by Crippen LogP contribution is -2.40. The van der Waals surface area contributed by atoms with Crippen molar-refractivity contribution in [3.8, 4) is 11.5 Å². The van der Waals surface area contributed by atoms with E-state index in [1.807, 2.05) is 18.2 Å². The van der Waals surface area contributed by atoms with Crippen LogP contribution < -0.4 is 20.1 Å². The molecule has 1 saturated carbocycles. The van der Waals surface area contributed by atoms with Crippen molar-refractivity contribution in [1.29, 1.82) is 0 Å². The predicted octanol–water partition coefficient (Wildman–Crippen LogP) is 3.85. The molecule has 0 bridgehead atoms. The van der Waals surface area contributed by atoms with Gasteiger partial charge in [0.15, 0.2) is 17.3 Å². The van der Waals surface area contributed by atoms with E-state index in [4.69, 9.17) is 14.0 Å². The Labute approximate surface area is 152 Å². The van der Waals surface area contributed by atoms with Gasteiger partial charge in [-0.3, -0.25) is 4.79 Å². The first-order chi connectivity index (χ1) is 12.5. The van der Waals surface area contributed by atoms with Gasteiger partial charge in [0.2, 0.25) is 5.91 Å². The number of fused-ring (bicyclic) bond motifs is 1. The van der Waals surface area contributed by atoms with Crippen LogP contribution in [0.25, 0.3) is 0 Å². The van der Waals surface area contributed by atoms with Crippen molar-refractivity contribution >= 4 is 17.4 Å². The molecule has 1 aliphatic carbocycles. The molecule has 1 aromatic carbocycles. The van der Waals surface area contributed by atoms with Crippen LogP contribution in [0.5, 0.6) is 11.5 Å². The molecule has 1 spiro atoms. The van der Waals surface area contributed by atoms with Crippen molar-refractivity contribution < 1.29 is 18.8 Å². The van der Waals surface area contributed by atoms with Crippen LogP contribution in [-0.4, -0.2) is 22.9 Å². The Morgan fingerprint density at radius 3 is 2.65 bits per heavy atom. The van der Waals surface area contributed by atoms with E-state index in [9.17, 15) is 4.79 Å². The zero-order valence-corrected chi connectivity index (χ0v) is 15.0. The Kier molecular flexibility index (Phi) is 4.22. The number of anilines is 2. The van der Waals surface area contributed by atoms with E-state index >= 15 is 0 Å². The molecule has 4 rings (SSSR count). The van der Waals surface area contributed by atoms with Crippen molar-refractivity contribution in [2.45, 2.75) is 57.8 Å². The van der Waals surface area contributed by atoms with Crippen molar-refractivity contribution in [3.63, 3.8) is 0 Å². The van der Waals surface area contributed by atoms with Crippen LogP contribution >= 0.6 is 0 Å². The fraction of sp³-hybridized carbons (Fsp3) is 0.474.